The molecule has 0 unspecified atom stereocenters. The summed E-state index contributed by atoms with van der Waals surface area (Å²) in [6.45, 7) is 0.551. The number of hydrogen-bond donors (Lipinski definition) is 1. The quantitative estimate of drug-likeness (QED) is 0.346. The number of benzene rings is 3. The third-order valence-electron chi connectivity index (χ3n) is 5.69. The molecule has 0 aromatic heterocycles. The molecule has 1 aliphatic rings. The van der Waals surface area contributed by atoms with Gasteiger partial charge in [0.05, 0.1) is 33.3 Å². The maximum absolute atomic E-state index is 12.6. The number of carbonyl (C=O) groups excluding carboxylic acids is 2. The summed E-state index contributed by atoms with van der Waals surface area (Å²) in [5.74, 6) is 1.66. The summed E-state index contributed by atoms with van der Waals surface area (Å²) in [6.07, 6.45) is 1.50. The highest BCUT2D eigenvalue weighted by Crippen LogP contribution is 2.40. The van der Waals surface area contributed by atoms with Crippen molar-refractivity contribution in [2.75, 3.05) is 27.1 Å². The van der Waals surface area contributed by atoms with Crippen LogP contribution in [0.1, 0.15) is 32.4 Å². The summed E-state index contributed by atoms with van der Waals surface area (Å²) in [6, 6.07) is 20.6. The van der Waals surface area contributed by atoms with Crippen LogP contribution in [0.15, 0.2) is 71.8 Å². The second-order valence-electron chi connectivity index (χ2n) is 7.95. The van der Waals surface area contributed by atoms with Crippen LogP contribution in [0, 0.1) is 0 Å². The van der Waals surface area contributed by atoms with Gasteiger partial charge in [0.2, 0.25) is 11.7 Å². The fourth-order valence-corrected chi connectivity index (χ4v) is 5.07. The standard InChI is InChI=1S/C27H27N3O5S/c1-33-22-13-19(14-23(34-2)25(22)35-3)15-28-29-26(32)20-9-11-21(12-10-20)27-30(24(31)17-36-27)16-18-7-5-4-6-8-18/h4-15,27H,16-17H2,1-3H3,(H,29,32)/b28-15-/t27-/m0/s1. The summed E-state index contributed by atoms with van der Waals surface area (Å²) in [4.78, 5) is 27.0. The Morgan fingerprint density at radius 1 is 1.03 bits per heavy atom. The molecule has 0 spiro atoms. The zero-order valence-electron chi connectivity index (χ0n) is 20.3. The Morgan fingerprint density at radius 3 is 2.31 bits per heavy atom. The molecule has 1 fully saturated rings. The minimum absolute atomic E-state index is 0.0899. The van der Waals surface area contributed by atoms with Gasteiger partial charge in [-0.3, -0.25) is 9.59 Å². The van der Waals surface area contributed by atoms with Crippen LogP contribution in [-0.4, -0.2) is 50.0 Å². The topological polar surface area (TPSA) is 89.5 Å². The van der Waals surface area contributed by atoms with Crippen LogP contribution in [0.5, 0.6) is 17.2 Å². The van der Waals surface area contributed by atoms with E-state index in [2.05, 4.69) is 10.5 Å². The zero-order chi connectivity index (χ0) is 25.5. The summed E-state index contributed by atoms with van der Waals surface area (Å²) >= 11 is 1.59. The SMILES string of the molecule is COc1cc(/C=N\NC(=O)c2ccc([C@@H]3SCC(=O)N3Cc3ccccc3)cc2)cc(OC)c1OC. The lowest BCUT2D eigenvalue weighted by molar-refractivity contribution is -0.128. The van der Waals surface area contributed by atoms with Gasteiger partial charge in [-0.2, -0.15) is 5.10 Å². The summed E-state index contributed by atoms with van der Waals surface area (Å²) in [7, 11) is 4.60. The van der Waals surface area contributed by atoms with Crippen LogP contribution in [0.2, 0.25) is 0 Å². The fourth-order valence-electron chi connectivity index (χ4n) is 3.89. The number of methoxy groups -OCH3 is 3. The lowest BCUT2D eigenvalue weighted by Crippen LogP contribution is -2.27. The lowest BCUT2D eigenvalue weighted by atomic mass is 10.1. The van der Waals surface area contributed by atoms with Crippen molar-refractivity contribution in [1.82, 2.24) is 10.3 Å². The Morgan fingerprint density at radius 2 is 1.69 bits per heavy atom. The Hall–Kier alpha value is -3.98. The van der Waals surface area contributed by atoms with E-state index in [0.717, 1.165) is 11.1 Å². The molecule has 36 heavy (non-hydrogen) atoms. The molecule has 1 heterocycles. The number of nitrogens with one attached hydrogen (secondary N) is 1. The maximum Gasteiger partial charge on any atom is 0.271 e. The Balaban J connectivity index is 1.41. The van der Waals surface area contributed by atoms with Crippen LogP contribution in [0.3, 0.4) is 0 Å². The number of amides is 2. The van der Waals surface area contributed by atoms with Crippen molar-refractivity contribution in [2.45, 2.75) is 11.9 Å². The van der Waals surface area contributed by atoms with Crippen LogP contribution >= 0.6 is 11.8 Å². The van der Waals surface area contributed by atoms with Gasteiger partial charge in [0.25, 0.3) is 5.91 Å². The predicted molar refractivity (Wildman–Crippen MR) is 140 cm³/mol. The molecule has 3 aromatic rings. The first-order valence-electron chi connectivity index (χ1n) is 11.2. The van der Waals surface area contributed by atoms with Crippen molar-refractivity contribution in [2.24, 2.45) is 5.10 Å². The van der Waals surface area contributed by atoms with Crippen molar-refractivity contribution < 1.29 is 23.8 Å². The number of thioether (sulfide) groups is 1. The molecule has 9 heteroatoms. The number of ether oxygens (including phenoxy) is 3. The molecule has 8 nitrogen and oxygen atoms in total. The van der Waals surface area contributed by atoms with E-state index in [4.69, 9.17) is 14.2 Å². The number of hydrogen-bond acceptors (Lipinski definition) is 7. The highest BCUT2D eigenvalue weighted by atomic mass is 32.2. The Labute approximate surface area is 214 Å². The van der Waals surface area contributed by atoms with E-state index < -0.39 is 0 Å². The molecule has 3 aromatic carbocycles. The van der Waals surface area contributed by atoms with Gasteiger partial charge in [-0.05, 0) is 35.4 Å². The Bertz CT molecular complexity index is 1220. The largest absolute Gasteiger partial charge is 0.493 e. The van der Waals surface area contributed by atoms with E-state index >= 15 is 0 Å². The molecular weight excluding hydrogens is 478 g/mol. The molecular formula is C27H27N3O5S. The van der Waals surface area contributed by atoms with Crippen molar-refractivity contribution in [1.29, 1.82) is 0 Å². The highest BCUT2D eigenvalue weighted by Gasteiger charge is 2.32. The van der Waals surface area contributed by atoms with Crippen molar-refractivity contribution in [3.05, 3.63) is 89.0 Å². The second-order valence-corrected chi connectivity index (χ2v) is 9.02. The first-order valence-corrected chi connectivity index (χ1v) is 12.3. The third kappa shape index (κ3) is 5.63. The highest BCUT2D eigenvalue weighted by molar-refractivity contribution is 8.00. The second kappa shape index (κ2) is 11.6. The molecule has 2 amide bonds. The van der Waals surface area contributed by atoms with Gasteiger partial charge < -0.3 is 19.1 Å². The molecule has 0 radical (unpaired) electrons. The average molecular weight is 506 g/mol. The maximum atomic E-state index is 12.6. The average Bonchev–Trinajstić information content (AvgIpc) is 3.28. The minimum Gasteiger partial charge on any atom is -0.493 e. The first kappa shape index (κ1) is 25.1. The van der Waals surface area contributed by atoms with Gasteiger partial charge in [-0.15, -0.1) is 11.8 Å². The van der Waals surface area contributed by atoms with Crippen molar-refractivity contribution >= 4 is 29.8 Å². The van der Waals surface area contributed by atoms with Gasteiger partial charge in [0.15, 0.2) is 11.5 Å². The fraction of sp³-hybridized carbons (Fsp3) is 0.222. The van der Waals surface area contributed by atoms with Gasteiger partial charge in [0.1, 0.15) is 5.37 Å². The van der Waals surface area contributed by atoms with Crippen LogP contribution in [0.25, 0.3) is 0 Å². The normalized spacial score (nSPS) is 15.2. The number of hydrazone groups is 1. The monoisotopic (exact) mass is 505 g/mol. The van der Waals surface area contributed by atoms with Crippen LogP contribution in [0.4, 0.5) is 0 Å². The number of carbonyl (C=O) groups is 2. The molecule has 1 saturated heterocycles. The third-order valence-corrected chi connectivity index (χ3v) is 6.94. The summed E-state index contributed by atoms with van der Waals surface area (Å²) < 4.78 is 16.0. The van der Waals surface area contributed by atoms with E-state index in [-0.39, 0.29) is 17.2 Å². The van der Waals surface area contributed by atoms with E-state index in [9.17, 15) is 9.59 Å². The molecule has 186 valence electrons. The van der Waals surface area contributed by atoms with Gasteiger partial charge in [0, 0.05) is 17.7 Å². The predicted octanol–water partition coefficient (Wildman–Crippen LogP) is 4.25. The smallest absolute Gasteiger partial charge is 0.271 e. The molecule has 0 bridgehead atoms. The van der Waals surface area contributed by atoms with E-state index in [1.54, 1.807) is 36.0 Å². The lowest BCUT2D eigenvalue weighted by Gasteiger charge is -2.24. The van der Waals surface area contributed by atoms with Crippen molar-refractivity contribution in [3.8, 4) is 17.2 Å². The van der Waals surface area contributed by atoms with Gasteiger partial charge in [-0.25, -0.2) is 5.43 Å². The summed E-state index contributed by atoms with van der Waals surface area (Å²) in [5.41, 5.74) is 5.72. The number of nitrogens with zero attached hydrogens (tertiary/aromatic N) is 2. The molecule has 0 saturated carbocycles. The van der Waals surface area contributed by atoms with Gasteiger partial charge >= 0.3 is 0 Å². The van der Waals surface area contributed by atoms with Gasteiger partial charge in [-0.1, -0.05) is 42.5 Å². The number of rotatable bonds is 9. The molecule has 1 N–H and O–H groups in total. The van der Waals surface area contributed by atoms with E-state index in [1.165, 1.54) is 27.5 Å². The van der Waals surface area contributed by atoms with Crippen LogP contribution < -0.4 is 19.6 Å². The summed E-state index contributed by atoms with van der Waals surface area (Å²) in [5, 5.41) is 3.97. The van der Waals surface area contributed by atoms with Crippen LogP contribution in [-0.2, 0) is 11.3 Å². The minimum atomic E-state index is -0.346. The first-order chi connectivity index (χ1) is 17.5. The molecule has 1 atom stereocenters. The molecule has 0 aliphatic carbocycles. The molecule has 1 aliphatic heterocycles. The van der Waals surface area contributed by atoms with E-state index in [0.29, 0.717) is 40.7 Å². The van der Waals surface area contributed by atoms with E-state index in [1.807, 2.05) is 47.4 Å². The Kier molecular flexibility index (Phi) is 8.12. The van der Waals surface area contributed by atoms with Crippen molar-refractivity contribution in [3.63, 3.8) is 0 Å². The molecule has 4 rings (SSSR count). The zero-order valence-corrected chi connectivity index (χ0v) is 21.1.